The monoisotopic (exact) mass is 172 g/mol. The van der Waals surface area contributed by atoms with Gasteiger partial charge in [0.25, 0.3) is 0 Å². The molecule has 0 aromatic heterocycles. The van der Waals surface area contributed by atoms with Crippen LogP contribution in [0.3, 0.4) is 0 Å². The average molecular weight is 173 g/mol. The Morgan fingerprint density at radius 3 is 2.82 bits per heavy atom. The molecule has 1 heterocycles. The van der Waals surface area contributed by atoms with Gasteiger partial charge in [0.15, 0.2) is 0 Å². The topological polar surface area (TPSA) is 12.5 Å². The maximum absolute atomic E-state index is 12.6. The fraction of sp³-hybridized carbons (Fsp3) is 0.250. The lowest BCUT2D eigenvalue weighted by Gasteiger charge is -1.96. The molecule has 3 heteroatoms. The summed E-state index contributed by atoms with van der Waals surface area (Å²) in [5.41, 5.74) is 0.955. The highest BCUT2D eigenvalue weighted by molar-refractivity contribution is 6.30. The van der Waals surface area contributed by atoms with Gasteiger partial charge in [-0.15, -0.1) is 0 Å². The third-order valence-electron chi connectivity index (χ3n) is 1.65. The third kappa shape index (κ3) is 1.37. The molecule has 0 aliphatic carbocycles. The number of halogens is 2. The molecule has 58 valence electrons. The van der Waals surface area contributed by atoms with E-state index in [9.17, 15) is 4.39 Å². The molecule has 1 atom stereocenters. The molecule has 1 aromatic carbocycles. The first-order chi connectivity index (χ1) is 5.27. The summed E-state index contributed by atoms with van der Waals surface area (Å²) in [4.78, 5) is 0. The number of hydrogen-bond acceptors (Lipinski definition) is 1. The zero-order valence-corrected chi connectivity index (χ0v) is 6.44. The van der Waals surface area contributed by atoms with Gasteiger partial charge in [0.1, 0.15) is 11.9 Å². The molecular formula is C8H6ClFO. The summed E-state index contributed by atoms with van der Waals surface area (Å²) in [6.45, 7) is 0.724. The Hall–Kier alpha value is -0.600. The zero-order chi connectivity index (χ0) is 7.84. The molecule has 0 bridgehead atoms. The molecule has 1 aliphatic rings. The van der Waals surface area contributed by atoms with E-state index in [2.05, 4.69) is 0 Å². The summed E-state index contributed by atoms with van der Waals surface area (Å²) < 4.78 is 17.6. The van der Waals surface area contributed by atoms with Gasteiger partial charge >= 0.3 is 0 Å². The fourth-order valence-electron chi connectivity index (χ4n) is 0.953. The van der Waals surface area contributed by atoms with Crippen molar-refractivity contribution in [1.82, 2.24) is 0 Å². The molecule has 11 heavy (non-hydrogen) atoms. The van der Waals surface area contributed by atoms with Gasteiger partial charge in [0.2, 0.25) is 0 Å². The van der Waals surface area contributed by atoms with E-state index in [1.165, 1.54) is 6.07 Å². The lowest BCUT2D eigenvalue weighted by atomic mass is 10.2. The normalized spacial score (nSPS) is 21.8. The predicted molar refractivity (Wildman–Crippen MR) is 40.1 cm³/mol. The summed E-state index contributed by atoms with van der Waals surface area (Å²) in [5.74, 6) is -0.379. The number of hydrogen-bond donors (Lipinski definition) is 0. The highest BCUT2D eigenvalue weighted by Gasteiger charge is 2.25. The van der Waals surface area contributed by atoms with Gasteiger partial charge in [0, 0.05) is 0 Å². The van der Waals surface area contributed by atoms with Crippen LogP contribution in [0.5, 0.6) is 0 Å². The first-order valence-corrected chi connectivity index (χ1v) is 3.72. The Labute approximate surface area is 68.7 Å². The van der Waals surface area contributed by atoms with E-state index in [1.807, 2.05) is 0 Å². The van der Waals surface area contributed by atoms with Gasteiger partial charge < -0.3 is 4.74 Å². The molecule has 1 aromatic rings. The van der Waals surface area contributed by atoms with Crippen molar-refractivity contribution in [3.05, 3.63) is 34.6 Å². The van der Waals surface area contributed by atoms with E-state index in [1.54, 1.807) is 12.1 Å². The van der Waals surface area contributed by atoms with Crippen molar-refractivity contribution in [1.29, 1.82) is 0 Å². The smallest absolute Gasteiger partial charge is 0.141 e. The van der Waals surface area contributed by atoms with E-state index in [-0.39, 0.29) is 16.9 Å². The van der Waals surface area contributed by atoms with Crippen LogP contribution in [-0.4, -0.2) is 6.61 Å². The summed E-state index contributed by atoms with van der Waals surface area (Å²) in [7, 11) is 0. The van der Waals surface area contributed by atoms with Crippen molar-refractivity contribution in [3.63, 3.8) is 0 Å². The van der Waals surface area contributed by atoms with E-state index < -0.39 is 0 Å². The fourth-order valence-corrected chi connectivity index (χ4v) is 1.14. The largest absolute Gasteiger partial charge is 0.368 e. The molecule has 0 saturated carbocycles. The Balaban J connectivity index is 2.36. The molecule has 0 radical (unpaired) electrons. The second-order valence-electron chi connectivity index (χ2n) is 2.50. The SMILES string of the molecule is Fc1ccc([C@@H]2CO2)cc1Cl. The highest BCUT2D eigenvalue weighted by Crippen LogP contribution is 2.31. The average Bonchev–Trinajstić information content (AvgIpc) is 2.77. The molecule has 0 N–H and O–H groups in total. The molecule has 1 saturated heterocycles. The van der Waals surface area contributed by atoms with E-state index in [4.69, 9.17) is 16.3 Å². The van der Waals surface area contributed by atoms with Crippen molar-refractivity contribution < 1.29 is 9.13 Å². The maximum Gasteiger partial charge on any atom is 0.141 e. The van der Waals surface area contributed by atoms with E-state index in [0.29, 0.717) is 0 Å². The van der Waals surface area contributed by atoms with Crippen LogP contribution in [-0.2, 0) is 4.74 Å². The first-order valence-electron chi connectivity index (χ1n) is 3.34. The van der Waals surface area contributed by atoms with Crippen molar-refractivity contribution in [2.24, 2.45) is 0 Å². The molecule has 2 rings (SSSR count). The van der Waals surface area contributed by atoms with Gasteiger partial charge in [0.05, 0.1) is 11.6 Å². The minimum Gasteiger partial charge on any atom is -0.368 e. The molecule has 0 spiro atoms. The summed E-state index contributed by atoms with van der Waals surface area (Å²) >= 11 is 5.56. The maximum atomic E-state index is 12.6. The summed E-state index contributed by atoms with van der Waals surface area (Å²) in [5, 5.41) is 0.165. The van der Waals surface area contributed by atoms with Crippen LogP contribution in [0.4, 0.5) is 4.39 Å². The van der Waals surface area contributed by atoms with Crippen LogP contribution in [0, 0.1) is 5.82 Å². The Kier molecular flexibility index (Phi) is 1.59. The van der Waals surface area contributed by atoms with Gasteiger partial charge in [-0.25, -0.2) is 4.39 Å². The molecular weight excluding hydrogens is 167 g/mol. The standard InChI is InChI=1S/C8H6ClFO/c9-6-3-5(8-4-11-8)1-2-7(6)10/h1-3,8H,4H2/t8-/m0/s1. The van der Waals surface area contributed by atoms with Crippen LogP contribution in [0.1, 0.15) is 11.7 Å². The minimum absolute atomic E-state index is 0.146. The second kappa shape index (κ2) is 2.47. The molecule has 0 unspecified atom stereocenters. The number of benzene rings is 1. The lowest BCUT2D eigenvalue weighted by molar-refractivity contribution is 0.415. The van der Waals surface area contributed by atoms with Gasteiger partial charge in [-0.3, -0.25) is 0 Å². The highest BCUT2D eigenvalue weighted by atomic mass is 35.5. The molecule has 1 nitrogen and oxygen atoms in total. The molecule has 0 amide bonds. The van der Waals surface area contributed by atoms with E-state index >= 15 is 0 Å². The van der Waals surface area contributed by atoms with Gasteiger partial charge in [-0.2, -0.15) is 0 Å². The number of rotatable bonds is 1. The molecule has 1 fully saturated rings. The summed E-state index contributed by atoms with van der Waals surface area (Å²) in [6, 6.07) is 4.66. The van der Waals surface area contributed by atoms with Crippen molar-refractivity contribution >= 4 is 11.6 Å². The van der Waals surface area contributed by atoms with E-state index in [0.717, 1.165) is 12.2 Å². The van der Waals surface area contributed by atoms with Gasteiger partial charge in [-0.1, -0.05) is 17.7 Å². The number of epoxide rings is 1. The first kappa shape index (κ1) is 7.07. The minimum atomic E-state index is -0.379. The van der Waals surface area contributed by atoms with Crippen molar-refractivity contribution in [2.45, 2.75) is 6.10 Å². The quantitative estimate of drug-likeness (QED) is 0.593. The van der Waals surface area contributed by atoms with Crippen molar-refractivity contribution in [2.75, 3.05) is 6.61 Å². The third-order valence-corrected chi connectivity index (χ3v) is 1.94. The van der Waals surface area contributed by atoms with Crippen LogP contribution < -0.4 is 0 Å². The summed E-state index contributed by atoms with van der Waals surface area (Å²) in [6.07, 6.45) is 0.146. The van der Waals surface area contributed by atoms with Crippen LogP contribution in [0.2, 0.25) is 5.02 Å². The van der Waals surface area contributed by atoms with Crippen molar-refractivity contribution in [3.8, 4) is 0 Å². The van der Waals surface area contributed by atoms with Crippen LogP contribution in [0.15, 0.2) is 18.2 Å². The Bertz CT molecular complexity index is 283. The Morgan fingerprint density at radius 1 is 1.55 bits per heavy atom. The molecule has 1 aliphatic heterocycles. The van der Waals surface area contributed by atoms with Gasteiger partial charge in [-0.05, 0) is 17.7 Å². The Morgan fingerprint density at radius 2 is 2.27 bits per heavy atom. The second-order valence-corrected chi connectivity index (χ2v) is 2.90. The predicted octanol–water partition coefficient (Wildman–Crippen LogP) is 2.55. The zero-order valence-electron chi connectivity index (χ0n) is 5.68. The van der Waals surface area contributed by atoms with Crippen LogP contribution in [0.25, 0.3) is 0 Å². The number of ether oxygens (including phenoxy) is 1. The lowest BCUT2D eigenvalue weighted by Crippen LogP contribution is -1.82. The van der Waals surface area contributed by atoms with Crippen LogP contribution >= 0.6 is 11.6 Å².